The van der Waals surface area contributed by atoms with Gasteiger partial charge in [0.25, 0.3) is 0 Å². The molecule has 0 aliphatic heterocycles. The fourth-order valence-corrected chi connectivity index (χ4v) is 3.70. The van der Waals surface area contributed by atoms with Crippen LogP contribution in [0, 0.1) is 12.7 Å². The molecule has 0 saturated carbocycles. The highest BCUT2D eigenvalue weighted by Gasteiger charge is 2.20. The molecule has 30 heavy (non-hydrogen) atoms. The Labute approximate surface area is 178 Å². The molecule has 152 valence electrons. The van der Waals surface area contributed by atoms with Crippen molar-refractivity contribution < 1.29 is 14.2 Å². The number of nitrogens with one attached hydrogen (secondary N) is 1. The minimum atomic E-state index is -0.457. The topological polar surface area (TPSA) is 54.4 Å². The number of anilines is 1. The second kappa shape index (κ2) is 8.20. The van der Waals surface area contributed by atoms with Crippen molar-refractivity contribution in [1.29, 1.82) is 0 Å². The predicted molar refractivity (Wildman–Crippen MR) is 118 cm³/mol. The smallest absolute Gasteiger partial charge is 0.147 e. The summed E-state index contributed by atoms with van der Waals surface area (Å²) in [6.45, 7) is 1.88. The van der Waals surface area contributed by atoms with E-state index < -0.39 is 6.04 Å². The third kappa shape index (κ3) is 3.89. The molecule has 4 aromatic rings. The average Bonchev–Trinajstić information content (AvgIpc) is 2.74. The first-order valence-corrected chi connectivity index (χ1v) is 9.79. The van der Waals surface area contributed by atoms with Crippen molar-refractivity contribution in [2.45, 2.75) is 13.0 Å². The molecule has 0 aliphatic rings. The lowest BCUT2D eigenvalue weighted by Gasteiger charge is -2.23. The van der Waals surface area contributed by atoms with Gasteiger partial charge in [-0.1, -0.05) is 41.9 Å². The van der Waals surface area contributed by atoms with Crippen LogP contribution in [0.15, 0.2) is 66.7 Å². The van der Waals surface area contributed by atoms with Crippen LogP contribution in [-0.2, 0) is 0 Å². The Morgan fingerprint density at radius 3 is 2.47 bits per heavy atom. The third-order valence-electron chi connectivity index (χ3n) is 4.98. The summed E-state index contributed by atoms with van der Waals surface area (Å²) < 4.78 is 18.8. The summed E-state index contributed by atoms with van der Waals surface area (Å²) in [4.78, 5) is 4.49. The number of fused-ring (bicyclic) bond motifs is 1. The van der Waals surface area contributed by atoms with Crippen LogP contribution < -0.4 is 10.1 Å². The summed E-state index contributed by atoms with van der Waals surface area (Å²) >= 11 is 6.28. The van der Waals surface area contributed by atoms with Crippen LogP contribution >= 0.6 is 11.6 Å². The van der Waals surface area contributed by atoms with Crippen molar-refractivity contribution in [3.05, 3.63) is 94.4 Å². The molecule has 1 heterocycles. The van der Waals surface area contributed by atoms with Gasteiger partial charge in [0.05, 0.1) is 18.2 Å². The van der Waals surface area contributed by atoms with Crippen molar-refractivity contribution >= 4 is 28.2 Å². The number of methoxy groups -OCH3 is 1. The SMILES string of the molecule is COc1ccc(NC(c2ccc(F)cc2)c2ccc3ccc(C)nc3c2O)cc1Cl. The molecule has 1 unspecified atom stereocenters. The number of aromatic hydroxyl groups is 1. The van der Waals surface area contributed by atoms with Crippen LogP contribution in [0.5, 0.6) is 11.5 Å². The maximum atomic E-state index is 13.5. The number of phenols is 1. The van der Waals surface area contributed by atoms with E-state index in [0.717, 1.165) is 22.3 Å². The quantitative estimate of drug-likeness (QED) is 0.399. The second-order valence-electron chi connectivity index (χ2n) is 7.01. The molecule has 0 fully saturated rings. The largest absolute Gasteiger partial charge is 0.505 e. The van der Waals surface area contributed by atoms with Crippen molar-refractivity contribution in [2.24, 2.45) is 0 Å². The molecule has 1 atom stereocenters. The summed E-state index contributed by atoms with van der Waals surface area (Å²) in [5, 5.41) is 15.7. The first-order valence-electron chi connectivity index (χ1n) is 9.41. The van der Waals surface area contributed by atoms with Gasteiger partial charge in [-0.2, -0.15) is 0 Å². The van der Waals surface area contributed by atoms with E-state index in [1.807, 2.05) is 37.3 Å². The van der Waals surface area contributed by atoms with Gasteiger partial charge in [0.1, 0.15) is 22.8 Å². The minimum absolute atomic E-state index is 0.0811. The molecule has 3 aromatic carbocycles. The first kappa shape index (κ1) is 20.0. The highest BCUT2D eigenvalue weighted by Crippen LogP contribution is 2.37. The van der Waals surface area contributed by atoms with Gasteiger partial charge in [0.2, 0.25) is 0 Å². The number of halogens is 2. The molecule has 0 bridgehead atoms. The Morgan fingerprint density at radius 2 is 1.77 bits per heavy atom. The Bertz CT molecular complexity index is 1210. The van der Waals surface area contributed by atoms with Gasteiger partial charge >= 0.3 is 0 Å². The van der Waals surface area contributed by atoms with Crippen molar-refractivity contribution in [3.8, 4) is 11.5 Å². The number of hydrogen-bond acceptors (Lipinski definition) is 4. The molecule has 0 spiro atoms. The fraction of sp³-hybridized carbons (Fsp3) is 0.125. The van der Waals surface area contributed by atoms with Crippen LogP contribution in [-0.4, -0.2) is 17.2 Å². The van der Waals surface area contributed by atoms with Crippen molar-refractivity contribution in [2.75, 3.05) is 12.4 Å². The Hall–Kier alpha value is -3.31. The van der Waals surface area contributed by atoms with Gasteiger partial charge in [0.15, 0.2) is 0 Å². The molecule has 2 N–H and O–H groups in total. The van der Waals surface area contributed by atoms with E-state index in [2.05, 4.69) is 10.3 Å². The molecule has 0 saturated heterocycles. The van der Waals surface area contributed by atoms with E-state index in [0.29, 0.717) is 21.9 Å². The molecular formula is C24H20ClFN2O2. The highest BCUT2D eigenvalue weighted by molar-refractivity contribution is 6.32. The normalized spacial score (nSPS) is 12.0. The molecule has 1 aromatic heterocycles. The first-order chi connectivity index (χ1) is 14.5. The number of rotatable bonds is 5. The standard InChI is InChI=1S/C24H20ClFN2O2/c1-14-3-4-16-7-11-19(24(29)23(16)27-14)22(15-5-8-17(26)9-6-15)28-18-10-12-21(30-2)20(25)13-18/h3-13,22,28-29H,1-2H3. The second-order valence-corrected chi connectivity index (χ2v) is 7.41. The fourth-order valence-electron chi connectivity index (χ4n) is 3.44. The summed E-state index contributed by atoms with van der Waals surface area (Å²) in [5.41, 5.74) is 3.47. The van der Waals surface area contributed by atoms with Crippen LogP contribution in [0.3, 0.4) is 0 Å². The number of phenolic OH excluding ortho intramolecular Hbond substituents is 1. The molecule has 0 amide bonds. The molecule has 0 radical (unpaired) electrons. The Morgan fingerprint density at radius 1 is 1.03 bits per heavy atom. The third-order valence-corrected chi connectivity index (χ3v) is 5.28. The molecule has 4 rings (SSSR count). The number of pyridine rings is 1. The number of aromatic nitrogens is 1. The number of benzene rings is 3. The lowest BCUT2D eigenvalue weighted by molar-refractivity contribution is 0.415. The van der Waals surface area contributed by atoms with Gasteiger partial charge in [-0.05, 0) is 48.9 Å². The van der Waals surface area contributed by atoms with E-state index in [9.17, 15) is 9.50 Å². The van der Waals surface area contributed by atoms with Gasteiger partial charge in [-0.15, -0.1) is 0 Å². The van der Waals surface area contributed by atoms with E-state index in [1.165, 1.54) is 12.1 Å². The van der Waals surface area contributed by atoms with Crippen LogP contribution in [0.25, 0.3) is 10.9 Å². The van der Waals surface area contributed by atoms with Crippen LogP contribution in [0.4, 0.5) is 10.1 Å². The number of hydrogen-bond donors (Lipinski definition) is 2. The van der Waals surface area contributed by atoms with Crippen LogP contribution in [0.1, 0.15) is 22.9 Å². The monoisotopic (exact) mass is 422 g/mol. The van der Waals surface area contributed by atoms with E-state index >= 15 is 0 Å². The van der Waals surface area contributed by atoms with Gasteiger partial charge in [-0.3, -0.25) is 0 Å². The molecule has 6 heteroatoms. The van der Waals surface area contributed by atoms with E-state index in [4.69, 9.17) is 16.3 Å². The van der Waals surface area contributed by atoms with Gasteiger partial charge in [-0.25, -0.2) is 9.37 Å². The summed E-state index contributed by atoms with van der Waals surface area (Å²) in [5.74, 6) is 0.316. The highest BCUT2D eigenvalue weighted by atomic mass is 35.5. The predicted octanol–water partition coefficient (Wildman–Crippen LogP) is 6.25. The number of ether oxygens (including phenoxy) is 1. The van der Waals surface area contributed by atoms with Crippen molar-refractivity contribution in [1.82, 2.24) is 4.98 Å². The maximum absolute atomic E-state index is 13.5. The lowest BCUT2D eigenvalue weighted by atomic mass is 9.95. The lowest BCUT2D eigenvalue weighted by Crippen LogP contribution is -2.13. The molecule has 4 nitrogen and oxygen atoms in total. The maximum Gasteiger partial charge on any atom is 0.147 e. The van der Waals surface area contributed by atoms with Crippen molar-refractivity contribution in [3.63, 3.8) is 0 Å². The van der Waals surface area contributed by atoms with Gasteiger partial charge < -0.3 is 15.2 Å². The zero-order valence-corrected chi connectivity index (χ0v) is 17.2. The van der Waals surface area contributed by atoms with Gasteiger partial charge in [0, 0.05) is 22.3 Å². The summed E-state index contributed by atoms with van der Waals surface area (Å²) in [6.07, 6.45) is 0. The molecular weight excluding hydrogens is 403 g/mol. The Balaban J connectivity index is 1.83. The van der Waals surface area contributed by atoms with E-state index in [-0.39, 0.29) is 11.6 Å². The molecule has 0 aliphatic carbocycles. The zero-order valence-electron chi connectivity index (χ0n) is 16.5. The summed E-state index contributed by atoms with van der Waals surface area (Å²) in [7, 11) is 1.55. The zero-order chi connectivity index (χ0) is 21.3. The van der Waals surface area contributed by atoms with E-state index in [1.54, 1.807) is 31.4 Å². The Kier molecular flexibility index (Phi) is 5.46. The van der Waals surface area contributed by atoms with Crippen LogP contribution in [0.2, 0.25) is 5.02 Å². The number of aryl methyl sites for hydroxylation is 1. The number of nitrogens with zero attached hydrogens (tertiary/aromatic N) is 1. The minimum Gasteiger partial charge on any atom is -0.505 e. The summed E-state index contributed by atoms with van der Waals surface area (Å²) in [6, 6.07) is 18.6. The average molecular weight is 423 g/mol.